The molecule has 1 aliphatic rings. The number of hydrogen-bond acceptors (Lipinski definition) is 2. The third kappa shape index (κ3) is 2.67. The molecule has 2 aromatic carbocycles. The van der Waals surface area contributed by atoms with Gasteiger partial charge in [0.25, 0.3) is 0 Å². The van der Waals surface area contributed by atoms with Crippen LogP contribution < -0.4 is 5.32 Å². The molecule has 0 saturated heterocycles. The van der Waals surface area contributed by atoms with Crippen LogP contribution in [-0.4, -0.2) is 11.1 Å². The van der Waals surface area contributed by atoms with Gasteiger partial charge in [-0.2, -0.15) is 0 Å². The van der Waals surface area contributed by atoms with Crippen LogP contribution in [0, 0.1) is 0 Å². The van der Waals surface area contributed by atoms with Crippen molar-refractivity contribution in [3.63, 3.8) is 0 Å². The first-order chi connectivity index (χ1) is 9.24. The molecule has 0 radical (unpaired) electrons. The quantitative estimate of drug-likeness (QED) is 0.880. The van der Waals surface area contributed by atoms with Gasteiger partial charge >= 0.3 is 0 Å². The summed E-state index contributed by atoms with van der Waals surface area (Å²) < 4.78 is 1.00. The van der Waals surface area contributed by atoms with Crippen molar-refractivity contribution in [3.8, 4) is 0 Å². The molecule has 2 aromatic rings. The van der Waals surface area contributed by atoms with Gasteiger partial charge in [0.15, 0.2) is 0 Å². The van der Waals surface area contributed by atoms with E-state index in [0.29, 0.717) is 0 Å². The number of benzene rings is 2. The fourth-order valence-electron chi connectivity index (χ4n) is 2.62. The fraction of sp³-hybridized carbons (Fsp3) is 0.250. The molecular weight excluding hydrogens is 302 g/mol. The van der Waals surface area contributed by atoms with E-state index in [1.54, 1.807) is 0 Å². The summed E-state index contributed by atoms with van der Waals surface area (Å²) in [5.74, 6) is 0. The van der Waals surface area contributed by atoms with Crippen molar-refractivity contribution in [2.24, 2.45) is 0 Å². The maximum atomic E-state index is 10.5. The van der Waals surface area contributed by atoms with Gasteiger partial charge in [0.1, 0.15) is 0 Å². The first-order valence-corrected chi connectivity index (χ1v) is 7.31. The summed E-state index contributed by atoms with van der Waals surface area (Å²) in [7, 11) is 0. The molecule has 2 unspecified atom stereocenters. The van der Waals surface area contributed by atoms with Gasteiger partial charge in [0.05, 0.1) is 12.1 Å². The molecule has 0 bridgehead atoms. The minimum absolute atomic E-state index is 0.0733. The Hall–Kier alpha value is -1.32. The van der Waals surface area contributed by atoms with Gasteiger partial charge in [-0.25, -0.2) is 0 Å². The molecule has 98 valence electrons. The molecule has 0 amide bonds. The summed E-state index contributed by atoms with van der Waals surface area (Å²) in [6.45, 7) is 0. The number of aliphatic hydroxyl groups is 1. The molecule has 0 saturated carbocycles. The van der Waals surface area contributed by atoms with E-state index in [1.165, 1.54) is 5.56 Å². The zero-order valence-electron chi connectivity index (χ0n) is 10.5. The average molecular weight is 318 g/mol. The van der Waals surface area contributed by atoms with E-state index in [9.17, 15) is 5.11 Å². The monoisotopic (exact) mass is 317 g/mol. The lowest BCUT2D eigenvalue weighted by atomic mass is 9.92. The average Bonchev–Trinajstić information content (AvgIpc) is 2.46. The summed E-state index contributed by atoms with van der Waals surface area (Å²) in [5.41, 5.74) is 3.43. The van der Waals surface area contributed by atoms with Gasteiger partial charge in [-0.3, -0.25) is 0 Å². The number of rotatable bonds is 2. The van der Waals surface area contributed by atoms with Crippen LogP contribution in [0.15, 0.2) is 53.0 Å². The van der Waals surface area contributed by atoms with Crippen LogP contribution in [0.5, 0.6) is 0 Å². The Bertz CT molecular complexity index is 584. The van der Waals surface area contributed by atoms with Crippen LogP contribution in [0.3, 0.4) is 0 Å². The molecule has 3 rings (SSSR count). The lowest BCUT2D eigenvalue weighted by molar-refractivity contribution is 0.149. The maximum Gasteiger partial charge on any atom is 0.0991 e. The van der Waals surface area contributed by atoms with Crippen molar-refractivity contribution in [1.82, 2.24) is 0 Å². The van der Waals surface area contributed by atoms with Crippen molar-refractivity contribution in [2.45, 2.75) is 25.0 Å². The SMILES string of the molecule is OC(c1cccc(Br)c1)C1CCc2ccccc2N1. The first kappa shape index (κ1) is 12.7. The lowest BCUT2D eigenvalue weighted by Gasteiger charge is -2.30. The van der Waals surface area contributed by atoms with E-state index in [1.807, 2.05) is 30.3 Å². The van der Waals surface area contributed by atoms with E-state index in [2.05, 4.69) is 39.4 Å². The van der Waals surface area contributed by atoms with Crippen LogP contribution in [0.1, 0.15) is 23.7 Å². The predicted molar refractivity (Wildman–Crippen MR) is 81.3 cm³/mol. The molecule has 3 heteroatoms. The molecule has 2 N–H and O–H groups in total. The van der Waals surface area contributed by atoms with E-state index in [0.717, 1.165) is 28.6 Å². The van der Waals surface area contributed by atoms with Crippen molar-refractivity contribution in [2.75, 3.05) is 5.32 Å². The smallest absolute Gasteiger partial charge is 0.0991 e. The Morgan fingerprint density at radius 3 is 2.84 bits per heavy atom. The molecule has 2 atom stereocenters. The van der Waals surface area contributed by atoms with Crippen molar-refractivity contribution < 1.29 is 5.11 Å². The number of para-hydroxylation sites is 1. The van der Waals surface area contributed by atoms with Crippen molar-refractivity contribution in [1.29, 1.82) is 0 Å². The third-order valence-electron chi connectivity index (χ3n) is 3.65. The minimum Gasteiger partial charge on any atom is -0.386 e. The van der Waals surface area contributed by atoms with Gasteiger partial charge in [-0.05, 0) is 42.2 Å². The number of halogens is 1. The number of hydrogen-bond donors (Lipinski definition) is 2. The minimum atomic E-state index is -0.481. The summed E-state index contributed by atoms with van der Waals surface area (Å²) in [6.07, 6.45) is 1.48. The Morgan fingerprint density at radius 2 is 2.00 bits per heavy atom. The second kappa shape index (κ2) is 5.35. The van der Waals surface area contributed by atoms with Crippen molar-refractivity contribution in [3.05, 3.63) is 64.1 Å². The molecule has 2 nitrogen and oxygen atoms in total. The van der Waals surface area contributed by atoms with Crippen LogP contribution in [0.4, 0.5) is 5.69 Å². The van der Waals surface area contributed by atoms with Crippen LogP contribution >= 0.6 is 15.9 Å². The molecule has 1 aliphatic heterocycles. The van der Waals surface area contributed by atoms with Crippen LogP contribution in [0.25, 0.3) is 0 Å². The largest absolute Gasteiger partial charge is 0.386 e. The summed E-state index contributed by atoms with van der Waals surface area (Å²) in [6, 6.07) is 16.3. The van der Waals surface area contributed by atoms with Gasteiger partial charge in [-0.15, -0.1) is 0 Å². The molecule has 19 heavy (non-hydrogen) atoms. The third-order valence-corrected chi connectivity index (χ3v) is 4.15. The highest BCUT2D eigenvalue weighted by Crippen LogP contribution is 2.31. The molecule has 0 spiro atoms. The highest BCUT2D eigenvalue weighted by molar-refractivity contribution is 9.10. The topological polar surface area (TPSA) is 32.3 Å². The number of anilines is 1. The fourth-order valence-corrected chi connectivity index (χ4v) is 3.04. The zero-order valence-corrected chi connectivity index (χ0v) is 12.1. The van der Waals surface area contributed by atoms with E-state index in [-0.39, 0.29) is 6.04 Å². The first-order valence-electron chi connectivity index (χ1n) is 6.52. The lowest BCUT2D eigenvalue weighted by Crippen LogP contribution is -2.31. The van der Waals surface area contributed by atoms with E-state index in [4.69, 9.17) is 0 Å². The number of aliphatic hydroxyl groups excluding tert-OH is 1. The molecule has 0 aliphatic carbocycles. The molecule has 1 heterocycles. The predicted octanol–water partition coefficient (Wildman–Crippen LogP) is 3.91. The van der Waals surface area contributed by atoms with Gasteiger partial charge < -0.3 is 10.4 Å². The van der Waals surface area contributed by atoms with E-state index < -0.39 is 6.10 Å². The summed E-state index contributed by atoms with van der Waals surface area (Å²) >= 11 is 3.45. The Labute approximate surface area is 121 Å². The van der Waals surface area contributed by atoms with Gasteiger partial charge in [0.2, 0.25) is 0 Å². The van der Waals surface area contributed by atoms with Gasteiger partial charge in [0, 0.05) is 10.2 Å². The number of aryl methyl sites for hydroxylation is 1. The highest BCUT2D eigenvalue weighted by Gasteiger charge is 2.25. The second-order valence-corrected chi connectivity index (χ2v) is 5.86. The number of fused-ring (bicyclic) bond motifs is 1. The maximum absolute atomic E-state index is 10.5. The van der Waals surface area contributed by atoms with Crippen molar-refractivity contribution >= 4 is 21.6 Å². The zero-order chi connectivity index (χ0) is 13.2. The molecular formula is C16H16BrNO. The molecule has 0 fully saturated rings. The van der Waals surface area contributed by atoms with Crippen LogP contribution in [0.2, 0.25) is 0 Å². The van der Waals surface area contributed by atoms with Crippen LogP contribution in [-0.2, 0) is 6.42 Å². The summed E-state index contributed by atoms with van der Waals surface area (Å²) in [5, 5.41) is 14.0. The summed E-state index contributed by atoms with van der Waals surface area (Å²) in [4.78, 5) is 0. The Morgan fingerprint density at radius 1 is 1.16 bits per heavy atom. The highest BCUT2D eigenvalue weighted by atomic mass is 79.9. The Kier molecular flexibility index (Phi) is 3.58. The second-order valence-electron chi connectivity index (χ2n) is 4.95. The Balaban J connectivity index is 1.81. The standard InChI is InChI=1S/C16H16BrNO/c17-13-6-3-5-12(10-13)16(19)15-9-8-11-4-1-2-7-14(11)18-15/h1-7,10,15-16,18-19H,8-9H2. The molecule has 0 aromatic heterocycles. The van der Waals surface area contributed by atoms with E-state index >= 15 is 0 Å². The van der Waals surface area contributed by atoms with Gasteiger partial charge in [-0.1, -0.05) is 46.3 Å². The normalized spacial score (nSPS) is 19.4. The number of nitrogens with one attached hydrogen (secondary N) is 1.